The Morgan fingerprint density at radius 2 is 1.33 bits per heavy atom. The fourth-order valence-electron chi connectivity index (χ4n) is 8.76. The van der Waals surface area contributed by atoms with E-state index in [0.717, 1.165) is 12.1 Å². The van der Waals surface area contributed by atoms with E-state index in [4.69, 9.17) is 6.57 Å². The van der Waals surface area contributed by atoms with Crippen molar-refractivity contribution in [2.45, 2.75) is 11.8 Å². The molecule has 10 rings (SSSR count). The largest absolute Gasteiger partial charge is 0.310 e. The summed E-state index contributed by atoms with van der Waals surface area (Å²) in [6.45, 7) is 8.28. The summed E-state index contributed by atoms with van der Waals surface area (Å²) in [4.78, 5) is 4.09. The van der Waals surface area contributed by atoms with Gasteiger partial charge in [-0.05, 0) is 62.9 Å². The number of benzene rings is 6. The lowest BCUT2D eigenvalue weighted by Crippen LogP contribution is -2.67. The highest BCUT2D eigenvalue weighted by Gasteiger charge is 2.53. The van der Waals surface area contributed by atoms with Crippen molar-refractivity contribution in [2.24, 2.45) is 0 Å². The summed E-state index contributed by atoms with van der Waals surface area (Å²) in [5.41, 5.74) is 16.0. The van der Waals surface area contributed by atoms with Gasteiger partial charge in [-0.25, -0.2) is 4.85 Å². The number of aromatic nitrogens is 1. The van der Waals surface area contributed by atoms with Crippen molar-refractivity contribution >= 4 is 50.6 Å². The Bertz CT molecular complexity index is 2300. The third kappa shape index (κ3) is 2.41. The van der Waals surface area contributed by atoms with Gasteiger partial charge in [-0.1, -0.05) is 121 Å². The van der Waals surface area contributed by atoms with Crippen LogP contribution in [0.4, 0.5) is 5.69 Å². The van der Waals surface area contributed by atoms with Gasteiger partial charge in [-0.15, -0.1) is 0 Å². The molecule has 0 bridgehead atoms. The summed E-state index contributed by atoms with van der Waals surface area (Å²) in [5.74, 6) is 0. The third-order valence-corrected chi connectivity index (χ3v) is 10.2. The van der Waals surface area contributed by atoms with Crippen LogP contribution >= 0.6 is 0 Å². The number of nitrogens with zero attached hydrogens (tertiary/aromatic N) is 2. The molecule has 0 N–H and O–H groups in total. The van der Waals surface area contributed by atoms with Gasteiger partial charge in [0, 0.05) is 22.0 Å². The lowest BCUT2D eigenvalue weighted by molar-refractivity contribution is 0.748. The molecule has 0 unspecified atom stereocenters. The second-order valence-electron chi connectivity index (χ2n) is 11.9. The topological polar surface area (TPSA) is 9.29 Å². The monoisotopic (exact) mass is 530 g/mol. The van der Waals surface area contributed by atoms with Crippen LogP contribution in [0.5, 0.6) is 0 Å². The molecule has 0 amide bonds. The van der Waals surface area contributed by atoms with Crippen LogP contribution < -0.4 is 16.4 Å². The molecule has 3 aliphatic heterocycles. The van der Waals surface area contributed by atoms with Gasteiger partial charge in [-0.3, -0.25) is 0 Å². The fraction of sp³-hybridized carbons (Fsp3) is 0.0513. The molecule has 42 heavy (non-hydrogen) atoms. The lowest BCUT2D eigenvalue weighted by atomic mass is 9.27. The van der Waals surface area contributed by atoms with E-state index in [1.165, 1.54) is 77.3 Å². The van der Waals surface area contributed by atoms with Crippen LogP contribution in [0.2, 0.25) is 0 Å². The highest BCUT2D eigenvalue weighted by molar-refractivity contribution is 7.00. The molecule has 0 saturated heterocycles. The predicted molar refractivity (Wildman–Crippen MR) is 173 cm³/mol. The van der Waals surface area contributed by atoms with E-state index in [1.54, 1.807) is 0 Å². The number of hydrogen-bond acceptors (Lipinski definition) is 0. The third-order valence-electron chi connectivity index (χ3n) is 10.2. The quantitative estimate of drug-likeness (QED) is 0.173. The standard InChI is InChI=1S/C39H23BN2/c1-41-32-22-21-31-36-29(32)23-24-19-20-28-27-15-8-9-17-33(27)42-34-18-10-16-30(37(34)40(36)35(24)38(28)42)39(31,25-11-4-2-5-12-25)26-13-6-3-7-14-26/h2-22H,23H2. The molecule has 192 valence electrons. The Morgan fingerprint density at radius 1 is 0.619 bits per heavy atom. The molecule has 7 aromatic rings. The van der Waals surface area contributed by atoms with Gasteiger partial charge in [0.15, 0.2) is 5.69 Å². The van der Waals surface area contributed by atoms with Gasteiger partial charge < -0.3 is 4.57 Å². The van der Waals surface area contributed by atoms with E-state index in [0.29, 0.717) is 0 Å². The van der Waals surface area contributed by atoms with E-state index >= 15 is 0 Å². The van der Waals surface area contributed by atoms with Gasteiger partial charge in [0.05, 0.1) is 17.5 Å². The second-order valence-corrected chi connectivity index (χ2v) is 11.9. The highest BCUT2D eigenvalue weighted by Crippen LogP contribution is 2.49. The number of fused-ring (bicyclic) bond motifs is 4. The van der Waals surface area contributed by atoms with Crippen molar-refractivity contribution in [3.8, 4) is 5.69 Å². The zero-order chi connectivity index (χ0) is 27.6. The van der Waals surface area contributed by atoms with Crippen molar-refractivity contribution in [1.29, 1.82) is 0 Å². The first kappa shape index (κ1) is 22.4. The smallest absolute Gasteiger partial charge is 0.246 e. The first-order valence-corrected chi connectivity index (χ1v) is 14.7. The van der Waals surface area contributed by atoms with Crippen LogP contribution in [0.25, 0.3) is 32.3 Å². The minimum Gasteiger partial charge on any atom is -0.310 e. The van der Waals surface area contributed by atoms with Crippen LogP contribution in [-0.2, 0) is 11.8 Å². The van der Waals surface area contributed by atoms with Crippen molar-refractivity contribution in [2.75, 3.05) is 0 Å². The molecule has 0 fully saturated rings. The van der Waals surface area contributed by atoms with Gasteiger partial charge in [-0.2, -0.15) is 0 Å². The maximum atomic E-state index is 8.19. The van der Waals surface area contributed by atoms with E-state index in [9.17, 15) is 0 Å². The molecule has 0 spiro atoms. The summed E-state index contributed by atoms with van der Waals surface area (Å²) in [5, 5.41) is 2.61. The van der Waals surface area contributed by atoms with Crippen LogP contribution in [0.3, 0.4) is 0 Å². The number of hydrogen-bond donors (Lipinski definition) is 0. The Morgan fingerprint density at radius 3 is 2.10 bits per heavy atom. The number of para-hydroxylation sites is 1. The summed E-state index contributed by atoms with van der Waals surface area (Å²) in [7, 11) is 0. The normalized spacial score (nSPS) is 14.7. The SMILES string of the molecule is [C-]#[N+]c1ccc2c3c1Cc1ccc4c5ccccc5n5c4c1B3c1c-5cccc1C2(c1ccccc1)c1ccccc1. The minimum atomic E-state index is -0.513. The molecule has 0 aliphatic carbocycles. The van der Waals surface area contributed by atoms with Gasteiger partial charge in [0.25, 0.3) is 0 Å². The Labute approximate surface area is 244 Å². The van der Waals surface area contributed by atoms with Crippen molar-refractivity contribution < 1.29 is 0 Å². The second kappa shape index (κ2) is 7.69. The fourth-order valence-corrected chi connectivity index (χ4v) is 8.76. The van der Waals surface area contributed by atoms with E-state index in [1.807, 2.05) is 0 Å². The van der Waals surface area contributed by atoms with E-state index < -0.39 is 5.41 Å². The average Bonchev–Trinajstić information content (AvgIpc) is 3.40. The summed E-state index contributed by atoms with van der Waals surface area (Å²) >= 11 is 0. The minimum absolute atomic E-state index is 0.0905. The van der Waals surface area contributed by atoms with Crippen LogP contribution in [-0.4, -0.2) is 11.3 Å². The maximum Gasteiger partial charge on any atom is 0.246 e. The van der Waals surface area contributed by atoms with Crippen LogP contribution in [0.1, 0.15) is 33.4 Å². The molecule has 2 nitrogen and oxygen atoms in total. The Balaban J connectivity index is 1.49. The van der Waals surface area contributed by atoms with Gasteiger partial charge in [0.2, 0.25) is 6.71 Å². The predicted octanol–water partition coefficient (Wildman–Crippen LogP) is 6.76. The van der Waals surface area contributed by atoms with Crippen molar-refractivity contribution in [1.82, 2.24) is 4.57 Å². The number of rotatable bonds is 2. The zero-order valence-corrected chi connectivity index (χ0v) is 22.8. The molecular weight excluding hydrogens is 507 g/mol. The zero-order valence-electron chi connectivity index (χ0n) is 22.8. The van der Waals surface area contributed by atoms with Crippen molar-refractivity contribution in [3.63, 3.8) is 0 Å². The van der Waals surface area contributed by atoms with E-state index in [2.05, 4.69) is 137 Å². The van der Waals surface area contributed by atoms with Crippen LogP contribution in [0, 0.1) is 6.57 Å². The molecule has 6 aromatic carbocycles. The van der Waals surface area contributed by atoms with E-state index in [-0.39, 0.29) is 6.71 Å². The lowest BCUT2D eigenvalue weighted by Gasteiger charge is -2.48. The first-order chi connectivity index (χ1) is 20.8. The molecule has 0 atom stereocenters. The molecular formula is C39H23BN2. The maximum absolute atomic E-state index is 8.19. The summed E-state index contributed by atoms with van der Waals surface area (Å²) < 4.78 is 2.54. The summed E-state index contributed by atoms with van der Waals surface area (Å²) in [6.07, 6.45) is 0.779. The molecule has 1 aromatic heterocycles. The molecule has 0 saturated carbocycles. The summed E-state index contributed by atoms with van der Waals surface area (Å²) in [6, 6.07) is 46.8. The molecule has 3 aliphatic rings. The highest BCUT2D eigenvalue weighted by atomic mass is 15.0. The van der Waals surface area contributed by atoms with Gasteiger partial charge in [0.1, 0.15) is 0 Å². The molecule has 3 heteroatoms. The average molecular weight is 530 g/mol. The Kier molecular flexibility index (Phi) is 4.10. The van der Waals surface area contributed by atoms with Crippen LogP contribution in [0.15, 0.2) is 127 Å². The first-order valence-electron chi connectivity index (χ1n) is 14.7. The Hall–Kier alpha value is -5.33. The van der Waals surface area contributed by atoms with Crippen molar-refractivity contribution in [3.05, 3.63) is 172 Å². The molecule has 4 heterocycles. The van der Waals surface area contributed by atoms with Gasteiger partial charge >= 0.3 is 0 Å². The molecule has 0 radical (unpaired) electrons.